The lowest BCUT2D eigenvalue weighted by Gasteiger charge is -2.28. The Balaban J connectivity index is 1.36. The number of quaternary nitrogens is 1. The summed E-state index contributed by atoms with van der Waals surface area (Å²) in [4.78, 5) is 28.5. The molecule has 1 aliphatic carbocycles. The van der Waals surface area contributed by atoms with E-state index in [0.29, 0.717) is 18.0 Å². The number of alkyl halides is 3. The average Bonchev–Trinajstić information content (AvgIpc) is 3.43. The van der Waals surface area contributed by atoms with Crippen LogP contribution in [0.2, 0.25) is 0 Å². The van der Waals surface area contributed by atoms with Crippen LogP contribution in [0.3, 0.4) is 0 Å². The third kappa shape index (κ3) is 4.47. The number of benzene rings is 1. The highest BCUT2D eigenvalue weighted by atomic mass is 19.4. The van der Waals surface area contributed by atoms with E-state index < -0.39 is 24.1 Å². The van der Waals surface area contributed by atoms with Crippen molar-refractivity contribution in [2.24, 2.45) is 11.8 Å². The topological polar surface area (TPSA) is 113 Å². The zero-order valence-electron chi connectivity index (χ0n) is 17.3. The zero-order valence-corrected chi connectivity index (χ0v) is 17.3. The summed E-state index contributed by atoms with van der Waals surface area (Å²) in [6, 6.07) is 4.96. The summed E-state index contributed by atoms with van der Waals surface area (Å²) < 4.78 is 42.0. The summed E-state index contributed by atoms with van der Waals surface area (Å²) >= 11 is 0. The molecule has 32 heavy (non-hydrogen) atoms. The first kappa shape index (κ1) is 22.3. The van der Waals surface area contributed by atoms with Gasteiger partial charge in [-0.2, -0.15) is 18.2 Å². The molecule has 11 heteroatoms. The monoisotopic (exact) mass is 452 g/mol. The van der Waals surface area contributed by atoms with E-state index in [4.69, 9.17) is 0 Å². The number of fused-ring (bicyclic) bond motifs is 1. The highest BCUT2D eigenvalue weighted by molar-refractivity contribution is 5.94. The SMILES string of the molecule is C[C@H](C[NH+]1CC2CCCC2C1C(=O)[O-])NC(=O)c1ccc(-c2noc(C(F)(F)F)n2)cc1. The van der Waals surface area contributed by atoms with E-state index >= 15 is 0 Å². The molecule has 4 rings (SSSR count). The first-order valence-electron chi connectivity index (χ1n) is 10.5. The summed E-state index contributed by atoms with van der Waals surface area (Å²) in [5, 5.41) is 17.9. The van der Waals surface area contributed by atoms with Gasteiger partial charge in [0.1, 0.15) is 6.04 Å². The first-order chi connectivity index (χ1) is 15.1. The smallest absolute Gasteiger partial charge is 0.471 e. The van der Waals surface area contributed by atoms with E-state index in [1.807, 2.05) is 6.92 Å². The molecule has 2 N–H and O–H groups in total. The van der Waals surface area contributed by atoms with Crippen LogP contribution in [-0.4, -0.2) is 47.2 Å². The van der Waals surface area contributed by atoms with Gasteiger partial charge in [-0.3, -0.25) is 4.79 Å². The Kier molecular flexibility index (Phi) is 5.93. The van der Waals surface area contributed by atoms with Crippen LogP contribution in [0.1, 0.15) is 42.4 Å². The van der Waals surface area contributed by atoms with Crippen LogP contribution in [0.4, 0.5) is 13.2 Å². The van der Waals surface area contributed by atoms with Crippen molar-refractivity contribution in [2.75, 3.05) is 13.1 Å². The summed E-state index contributed by atoms with van der Waals surface area (Å²) in [5.41, 5.74) is 0.587. The molecule has 5 atom stereocenters. The number of carboxylic acids is 1. The molecule has 1 saturated carbocycles. The normalized spacial score (nSPS) is 26.0. The molecule has 172 valence electrons. The van der Waals surface area contributed by atoms with Gasteiger partial charge < -0.3 is 24.6 Å². The Bertz CT molecular complexity index is 992. The molecule has 1 aromatic carbocycles. The number of carboxylic acid groups (broad SMARTS) is 1. The minimum atomic E-state index is -4.73. The molecule has 8 nitrogen and oxygen atoms in total. The fourth-order valence-corrected chi connectivity index (χ4v) is 5.05. The van der Waals surface area contributed by atoms with Crippen molar-refractivity contribution in [2.45, 2.75) is 44.4 Å². The summed E-state index contributed by atoms with van der Waals surface area (Å²) in [6.07, 6.45) is -1.73. The third-order valence-electron chi connectivity index (χ3n) is 6.38. The number of amides is 1. The predicted octanol–water partition coefficient (Wildman–Crippen LogP) is 0.307. The van der Waals surface area contributed by atoms with E-state index in [-0.39, 0.29) is 29.3 Å². The number of nitrogens with one attached hydrogen (secondary N) is 2. The summed E-state index contributed by atoms with van der Waals surface area (Å²) in [6.45, 7) is 3.05. The van der Waals surface area contributed by atoms with Crippen LogP contribution in [-0.2, 0) is 11.0 Å². The Labute approximate surface area is 181 Å². The molecule has 2 heterocycles. The number of carbonyl (C=O) groups excluding carboxylic acids is 2. The van der Waals surface area contributed by atoms with Crippen LogP contribution in [0.15, 0.2) is 28.8 Å². The molecule has 1 aromatic heterocycles. The molecule has 1 saturated heterocycles. The first-order valence-corrected chi connectivity index (χ1v) is 10.5. The van der Waals surface area contributed by atoms with Gasteiger partial charge in [0.15, 0.2) is 0 Å². The lowest BCUT2D eigenvalue weighted by Crippen LogP contribution is -3.17. The van der Waals surface area contributed by atoms with Gasteiger partial charge in [-0.25, -0.2) is 0 Å². The van der Waals surface area contributed by atoms with E-state index in [1.165, 1.54) is 24.3 Å². The van der Waals surface area contributed by atoms with E-state index in [9.17, 15) is 27.9 Å². The minimum Gasteiger partial charge on any atom is -0.544 e. The second-order valence-electron chi connectivity index (χ2n) is 8.59. The van der Waals surface area contributed by atoms with Crippen molar-refractivity contribution in [3.05, 3.63) is 35.7 Å². The quantitative estimate of drug-likeness (QED) is 0.652. The van der Waals surface area contributed by atoms with Gasteiger partial charge in [-0.15, -0.1) is 0 Å². The molecule has 1 aliphatic heterocycles. The largest absolute Gasteiger partial charge is 0.544 e. The maximum absolute atomic E-state index is 12.6. The molecule has 0 spiro atoms. The van der Waals surface area contributed by atoms with Crippen LogP contribution in [0.5, 0.6) is 0 Å². The maximum Gasteiger partial charge on any atom is 0.471 e. The second-order valence-corrected chi connectivity index (χ2v) is 8.59. The van der Waals surface area contributed by atoms with E-state index in [2.05, 4.69) is 20.0 Å². The number of halogens is 3. The number of carbonyl (C=O) groups is 2. The molecule has 2 aliphatic rings. The van der Waals surface area contributed by atoms with Crippen LogP contribution < -0.4 is 15.3 Å². The molecule has 1 amide bonds. The van der Waals surface area contributed by atoms with Crippen LogP contribution in [0.25, 0.3) is 11.4 Å². The highest BCUT2D eigenvalue weighted by Gasteiger charge is 2.48. The fraction of sp³-hybridized carbons (Fsp3) is 0.524. The molecule has 2 fully saturated rings. The number of nitrogens with zero attached hydrogens (tertiary/aromatic N) is 2. The Morgan fingerprint density at radius 3 is 2.62 bits per heavy atom. The Hall–Kier alpha value is -2.95. The molecule has 2 aromatic rings. The predicted molar refractivity (Wildman–Crippen MR) is 102 cm³/mol. The maximum atomic E-state index is 12.6. The van der Waals surface area contributed by atoms with Crippen molar-refractivity contribution in [1.82, 2.24) is 15.5 Å². The second kappa shape index (κ2) is 8.53. The van der Waals surface area contributed by atoms with Gasteiger partial charge >= 0.3 is 12.1 Å². The fourth-order valence-electron chi connectivity index (χ4n) is 5.05. The van der Waals surface area contributed by atoms with Gasteiger partial charge in [-0.1, -0.05) is 23.7 Å². The number of aliphatic carboxylic acids is 1. The van der Waals surface area contributed by atoms with Crippen molar-refractivity contribution in [1.29, 1.82) is 0 Å². The third-order valence-corrected chi connectivity index (χ3v) is 6.38. The molecular formula is C21H23F3N4O4. The van der Waals surface area contributed by atoms with Gasteiger partial charge in [0.05, 0.1) is 25.1 Å². The molecule has 0 radical (unpaired) electrons. The standard InChI is InChI=1S/C21H23F3N4O4/c1-11(9-28-10-14-3-2-4-15(14)16(28)19(30)31)25-18(29)13-7-5-12(6-8-13)17-26-20(32-27-17)21(22,23)24/h5-8,11,14-16H,2-4,9-10H2,1H3,(H,25,29)(H,30,31)/t11-,14?,15?,16?/m1/s1. The van der Waals surface area contributed by atoms with Crippen molar-refractivity contribution in [3.63, 3.8) is 0 Å². The number of rotatable bonds is 6. The van der Waals surface area contributed by atoms with Gasteiger partial charge in [0.25, 0.3) is 5.91 Å². The van der Waals surface area contributed by atoms with Crippen molar-refractivity contribution in [3.8, 4) is 11.4 Å². The van der Waals surface area contributed by atoms with E-state index in [0.717, 1.165) is 30.7 Å². The van der Waals surface area contributed by atoms with Crippen LogP contribution in [0, 0.1) is 11.8 Å². The van der Waals surface area contributed by atoms with E-state index in [1.54, 1.807) is 0 Å². The summed E-state index contributed by atoms with van der Waals surface area (Å²) in [5.74, 6) is -2.52. The molecule has 0 bridgehead atoms. The lowest BCUT2D eigenvalue weighted by molar-refractivity contribution is -0.910. The minimum absolute atomic E-state index is 0.147. The van der Waals surface area contributed by atoms with Crippen molar-refractivity contribution >= 4 is 11.9 Å². The number of hydrogen-bond donors (Lipinski definition) is 2. The van der Waals surface area contributed by atoms with Gasteiger partial charge in [0, 0.05) is 23.0 Å². The average molecular weight is 452 g/mol. The lowest BCUT2D eigenvalue weighted by atomic mass is 9.94. The summed E-state index contributed by atoms with van der Waals surface area (Å²) in [7, 11) is 0. The van der Waals surface area contributed by atoms with Gasteiger partial charge in [0.2, 0.25) is 5.82 Å². The Morgan fingerprint density at radius 2 is 2.00 bits per heavy atom. The molecular weight excluding hydrogens is 429 g/mol. The number of hydrogen-bond acceptors (Lipinski definition) is 6. The Morgan fingerprint density at radius 1 is 1.28 bits per heavy atom. The van der Waals surface area contributed by atoms with Crippen molar-refractivity contribution < 1.29 is 37.3 Å². The molecule has 4 unspecified atom stereocenters. The van der Waals surface area contributed by atoms with Gasteiger partial charge in [-0.05, 0) is 31.9 Å². The number of aromatic nitrogens is 2. The van der Waals surface area contributed by atoms with Crippen LogP contribution >= 0.6 is 0 Å². The number of likely N-dealkylation sites (tertiary alicyclic amines) is 1. The highest BCUT2D eigenvalue weighted by Crippen LogP contribution is 2.35. The zero-order chi connectivity index (χ0) is 23.0.